The first-order chi connectivity index (χ1) is 9.09. The molecule has 2 rings (SSSR count). The first kappa shape index (κ1) is 13.1. The minimum atomic E-state index is -0.980. The highest BCUT2D eigenvalue weighted by molar-refractivity contribution is 5.96. The molecule has 0 atom stereocenters. The Hall–Kier alpha value is -2.30. The minimum absolute atomic E-state index is 0.0700. The second-order valence-corrected chi connectivity index (χ2v) is 4.26. The van der Waals surface area contributed by atoms with Gasteiger partial charge in [0.2, 0.25) is 5.91 Å². The van der Waals surface area contributed by atoms with Crippen LogP contribution in [0.25, 0.3) is 0 Å². The third-order valence-electron chi connectivity index (χ3n) is 2.95. The molecule has 100 valence electrons. The topological polar surface area (TPSA) is 66.8 Å². The lowest BCUT2D eigenvalue weighted by molar-refractivity contribution is -0.132. The molecule has 5 nitrogen and oxygen atoms in total. The molecule has 0 unspecified atom stereocenters. The van der Waals surface area contributed by atoms with E-state index in [4.69, 9.17) is 9.84 Å². The number of hydrogen-bond acceptors (Lipinski definition) is 3. The van der Waals surface area contributed by atoms with E-state index in [0.29, 0.717) is 18.0 Å². The fraction of sp³-hybridized carbons (Fsp3) is 0.286. The molecular weight excluding hydrogens is 246 g/mol. The second kappa shape index (κ2) is 5.56. The van der Waals surface area contributed by atoms with Gasteiger partial charge in [0.05, 0.1) is 18.7 Å². The van der Waals surface area contributed by atoms with Gasteiger partial charge in [0.1, 0.15) is 5.75 Å². The van der Waals surface area contributed by atoms with E-state index in [1.165, 1.54) is 13.0 Å². The Kier molecular flexibility index (Phi) is 3.85. The Balaban J connectivity index is 2.29. The predicted octanol–water partition coefficient (Wildman–Crippen LogP) is 1.83. The van der Waals surface area contributed by atoms with Crippen molar-refractivity contribution in [3.8, 4) is 5.75 Å². The molecular formula is C14H15NO4. The van der Waals surface area contributed by atoms with Gasteiger partial charge in [-0.2, -0.15) is 0 Å². The number of anilines is 1. The Morgan fingerprint density at radius 2 is 2.21 bits per heavy atom. The number of carbonyl (C=O) groups excluding carboxylic acids is 1. The van der Waals surface area contributed by atoms with Gasteiger partial charge in [-0.1, -0.05) is 18.2 Å². The molecule has 0 saturated heterocycles. The number of benzene rings is 1. The average molecular weight is 261 g/mol. The van der Waals surface area contributed by atoms with Crippen LogP contribution < -0.4 is 9.64 Å². The number of ether oxygens (including phenoxy) is 1. The van der Waals surface area contributed by atoms with Crippen LogP contribution in [-0.4, -0.2) is 30.1 Å². The van der Waals surface area contributed by atoms with Crippen molar-refractivity contribution in [3.05, 3.63) is 35.9 Å². The van der Waals surface area contributed by atoms with Crippen molar-refractivity contribution in [2.45, 2.75) is 13.3 Å². The Bertz CT molecular complexity index is 536. The summed E-state index contributed by atoms with van der Waals surface area (Å²) in [5.74, 6) is -0.402. The molecule has 0 bridgehead atoms. The molecule has 5 heteroatoms. The number of carbonyl (C=O) groups is 2. The molecule has 1 amide bonds. The van der Waals surface area contributed by atoms with Gasteiger partial charge >= 0.3 is 5.97 Å². The summed E-state index contributed by atoms with van der Waals surface area (Å²) in [6, 6.07) is 7.25. The van der Waals surface area contributed by atoms with Crippen molar-refractivity contribution in [3.63, 3.8) is 0 Å². The van der Waals surface area contributed by atoms with Crippen LogP contribution in [0.2, 0.25) is 0 Å². The summed E-state index contributed by atoms with van der Waals surface area (Å²) >= 11 is 0. The van der Waals surface area contributed by atoms with E-state index in [9.17, 15) is 9.59 Å². The number of aliphatic carboxylic acids is 1. The van der Waals surface area contributed by atoms with Gasteiger partial charge in [0.15, 0.2) is 0 Å². The molecule has 0 aromatic heterocycles. The van der Waals surface area contributed by atoms with Crippen molar-refractivity contribution in [1.82, 2.24) is 0 Å². The summed E-state index contributed by atoms with van der Waals surface area (Å²) in [7, 11) is 0. The largest absolute Gasteiger partial charge is 0.491 e. The van der Waals surface area contributed by atoms with Crippen molar-refractivity contribution in [2.24, 2.45) is 0 Å². The van der Waals surface area contributed by atoms with Gasteiger partial charge < -0.3 is 14.7 Å². The fourth-order valence-electron chi connectivity index (χ4n) is 1.84. The maximum atomic E-state index is 12.0. The molecule has 0 saturated carbocycles. The van der Waals surface area contributed by atoms with Crippen LogP contribution in [0.3, 0.4) is 0 Å². The minimum Gasteiger partial charge on any atom is -0.491 e. The summed E-state index contributed by atoms with van der Waals surface area (Å²) in [5.41, 5.74) is 0.898. The summed E-state index contributed by atoms with van der Waals surface area (Å²) in [6.07, 6.45) is 1.82. The van der Waals surface area contributed by atoms with Crippen molar-refractivity contribution >= 4 is 17.6 Å². The molecule has 0 fully saturated rings. The Morgan fingerprint density at radius 3 is 2.95 bits per heavy atom. The highest BCUT2D eigenvalue weighted by Gasteiger charge is 2.22. The average Bonchev–Trinajstić information content (AvgIpc) is 2.54. The summed E-state index contributed by atoms with van der Waals surface area (Å²) in [6.45, 7) is 2.08. The van der Waals surface area contributed by atoms with E-state index in [1.807, 2.05) is 12.1 Å². The molecule has 1 heterocycles. The molecule has 19 heavy (non-hydrogen) atoms. The van der Waals surface area contributed by atoms with Crippen LogP contribution in [-0.2, 0) is 9.59 Å². The van der Waals surface area contributed by atoms with E-state index in [2.05, 4.69) is 0 Å². The normalized spacial score (nSPS) is 15.5. The molecule has 1 aromatic rings. The third-order valence-corrected chi connectivity index (χ3v) is 2.95. The zero-order valence-corrected chi connectivity index (χ0v) is 10.6. The lowest BCUT2D eigenvalue weighted by Gasteiger charge is -2.20. The highest BCUT2D eigenvalue weighted by Crippen LogP contribution is 2.30. The van der Waals surface area contributed by atoms with Gasteiger partial charge in [-0.25, -0.2) is 4.79 Å². The maximum Gasteiger partial charge on any atom is 0.331 e. The number of hydrogen-bond donors (Lipinski definition) is 1. The van der Waals surface area contributed by atoms with Gasteiger partial charge in [-0.3, -0.25) is 4.79 Å². The predicted molar refractivity (Wildman–Crippen MR) is 70.3 cm³/mol. The quantitative estimate of drug-likeness (QED) is 0.843. The fourth-order valence-corrected chi connectivity index (χ4v) is 1.84. The Labute approximate surface area is 111 Å². The van der Waals surface area contributed by atoms with E-state index in [0.717, 1.165) is 0 Å². The SMILES string of the molecule is CC(=CCN1C(=O)CCOc2ccccc21)C(=O)O. The number of carboxylic acid groups (broad SMARTS) is 1. The van der Waals surface area contributed by atoms with Gasteiger partial charge in [-0.05, 0) is 19.1 Å². The van der Waals surface area contributed by atoms with E-state index < -0.39 is 5.97 Å². The monoisotopic (exact) mass is 261 g/mol. The first-order valence-electron chi connectivity index (χ1n) is 6.02. The molecule has 1 aliphatic rings. The molecule has 1 aromatic carbocycles. The van der Waals surface area contributed by atoms with Crippen LogP contribution in [0.5, 0.6) is 5.75 Å². The lowest BCUT2D eigenvalue weighted by atomic mass is 10.2. The standard InChI is InChI=1S/C14H15NO4/c1-10(14(17)18)6-8-15-11-4-2-3-5-12(11)19-9-7-13(15)16/h2-6H,7-9H2,1H3,(H,17,18). The van der Waals surface area contributed by atoms with Crippen LogP contribution >= 0.6 is 0 Å². The van der Waals surface area contributed by atoms with Gasteiger partial charge in [0.25, 0.3) is 0 Å². The van der Waals surface area contributed by atoms with Crippen LogP contribution in [0.15, 0.2) is 35.9 Å². The number of fused-ring (bicyclic) bond motifs is 1. The van der Waals surface area contributed by atoms with Crippen LogP contribution in [0.1, 0.15) is 13.3 Å². The molecule has 0 spiro atoms. The van der Waals surface area contributed by atoms with Crippen molar-refractivity contribution in [1.29, 1.82) is 0 Å². The van der Waals surface area contributed by atoms with Gasteiger partial charge in [-0.15, -0.1) is 0 Å². The molecule has 0 radical (unpaired) electrons. The van der Waals surface area contributed by atoms with E-state index >= 15 is 0 Å². The molecule has 1 N–H and O–H groups in total. The number of amides is 1. The van der Waals surface area contributed by atoms with E-state index in [1.54, 1.807) is 17.0 Å². The smallest absolute Gasteiger partial charge is 0.331 e. The first-order valence-corrected chi connectivity index (χ1v) is 6.02. The zero-order valence-electron chi connectivity index (χ0n) is 10.6. The van der Waals surface area contributed by atoms with Crippen LogP contribution in [0.4, 0.5) is 5.69 Å². The van der Waals surface area contributed by atoms with E-state index in [-0.39, 0.29) is 24.4 Å². The molecule has 0 aliphatic carbocycles. The zero-order chi connectivity index (χ0) is 13.8. The number of carboxylic acids is 1. The lowest BCUT2D eigenvalue weighted by Crippen LogP contribution is -2.30. The van der Waals surface area contributed by atoms with Crippen molar-refractivity contribution in [2.75, 3.05) is 18.1 Å². The number of rotatable bonds is 3. The van der Waals surface area contributed by atoms with Gasteiger partial charge in [0, 0.05) is 12.1 Å². The number of nitrogens with zero attached hydrogens (tertiary/aromatic N) is 1. The molecule has 1 aliphatic heterocycles. The summed E-state index contributed by atoms with van der Waals surface area (Å²) < 4.78 is 5.50. The highest BCUT2D eigenvalue weighted by atomic mass is 16.5. The number of para-hydroxylation sites is 2. The Morgan fingerprint density at radius 1 is 1.47 bits per heavy atom. The summed E-state index contributed by atoms with van der Waals surface area (Å²) in [5, 5.41) is 8.83. The third kappa shape index (κ3) is 2.93. The maximum absolute atomic E-state index is 12.0. The second-order valence-electron chi connectivity index (χ2n) is 4.26. The summed E-state index contributed by atoms with van der Waals surface area (Å²) in [4.78, 5) is 24.3. The van der Waals surface area contributed by atoms with Crippen molar-refractivity contribution < 1.29 is 19.4 Å². The van der Waals surface area contributed by atoms with Crippen LogP contribution in [0, 0.1) is 0 Å².